The number of carbonyl (C=O) groups is 2. The quantitative estimate of drug-likeness (QED) is 0.676. The highest BCUT2D eigenvalue weighted by Crippen LogP contribution is 2.06. The first-order valence-corrected chi connectivity index (χ1v) is 4.24. The van der Waals surface area contributed by atoms with E-state index in [1.165, 1.54) is 4.90 Å². The highest BCUT2D eigenvalue weighted by Gasteiger charge is 2.28. The molecule has 3 amide bonds. The van der Waals surface area contributed by atoms with E-state index < -0.39 is 0 Å². The van der Waals surface area contributed by atoms with Gasteiger partial charge in [-0.15, -0.1) is 0 Å². The van der Waals surface area contributed by atoms with Crippen LogP contribution in [0.5, 0.6) is 0 Å². The van der Waals surface area contributed by atoms with Crippen LogP contribution in [0.1, 0.15) is 5.56 Å². The molecule has 1 aliphatic heterocycles. The Kier molecular flexibility index (Phi) is 2.14. The van der Waals surface area contributed by atoms with Crippen LogP contribution < -0.4 is 5.32 Å². The van der Waals surface area contributed by atoms with Gasteiger partial charge in [-0.25, -0.2) is 4.79 Å². The maximum absolute atomic E-state index is 11.2. The third kappa shape index (κ3) is 1.56. The number of pyridine rings is 1. The molecule has 1 fully saturated rings. The van der Waals surface area contributed by atoms with Gasteiger partial charge in [-0.1, -0.05) is 6.07 Å². The number of hydrogen-bond acceptors (Lipinski definition) is 3. The predicted molar refractivity (Wildman–Crippen MR) is 48.2 cm³/mol. The third-order valence-electron chi connectivity index (χ3n) is 2.00. The molecule has 1 saturated heterocycles. The van der Waals surface area contributed by atoms with Gasteiger partial charge in [0.2, 0.25) is 5.91 Å². The van der Waals surface area contributed by atoms with Crippen LogP contribution in [0.25, 0.3) is 0 Å². The topological polar surface area (TPSA) is 62.3 Å². The molecule has 5 nitrogen and oxygen atoms in total. The maximum atomic E-state index is 11.2. The molecule has 1 aromatic heterocycles. The minimum Gasteiger partial charge on any atom is -0.329 e. The molecule has 0 radical (unpaired) electrons. The summed E-state index contributed by atoms with van der Waals surface area (Å²) in [5.74, 6) is -0.196. The summed E-state index contributed by atoms with van der Waals surface area (Å²) in [5, 5.41) is 2.46. The number of rotatable bonds is 2. The molecule has 14 heavy (non-hydrogen) atoms. The maximum Gasteiger partial charge on any atom is 0.324 e. The molecule has 72 valence electrons. The van der Waals surface area contributed by atoms with Gasteiger partial charge in [0.05, 0.1) is 13.1 Å². The number of hydrogen-bond donors (Lipinski definition) is 1. The Bertz CT molecular complexity index is 348. The fourth-order valence-corrected chi connectivity index (χ4v) is 1.29. The second kappa shape index (κ2) is 3.45. The van der Waals surface area contributed by atoms with E-state index in [1.807, 2.05) is 6.07 Å². The summed E-state index contributed by atoms with van der Waals surface area (Å²) in [6, 6.07) is 3.26. The van der Waals surface area contributed by atoms with Crippen LogP contribution in [0, 0.1) is 0 Å². The molecule has 1 aliphatic rings. The van der Waals surface area contributed by atoms with Crippen molar-refractivity contribution in [2.45, 2.75) is 6.54 Å². The fourth-order valence-electron chi connectivity index (χ4n) is 1.29. The van der Waals surface area contributed by atoms with Gasteiger partial charge in [-0.05, 0) is 11.6 Å². The van der Waals surface area contributed by atoms with E-state index in [2.05, 4.69) is 10.3 Å². The van der Waals surface area contributed by atoms with Gasteiger partial charge < -0.3 is 5.32 Å². The number of nitrogens with one attached hydrogen (secondary N) is 1. The first-order chi connectivity index (χ1) is 6.77. The Labute approximate surface area is 80.7 Å². The van der Waals surface area contributed by atoms with E-state index in [1.54, 1.807) is 18.5 Å². The normalized spacial score (nSPS) is 15.9. The number of aromatic nitrogens is 1. The van der Waals surface area contributed by atoms with Crippen LogP contribution in [-0.4, -0.2) is 28.4 Å². The second-order valence-corrected chi connectivity index (χ2v) is 3.00. The molecule has 0 spiro atoms. The van der Waals surface area contributed by atoms with Gasteiger partial charge in [0.1, 0.15) is 0 Å². The van der Waals surface area contributed by atoms with E-state index in [0.717, 1.165) is 5.56 Å². The predicted octanol–water partition coefficient (Wildman–Crippen LogP) is 0.133. The number of amides is 3. The van der Waals surface area contributed by atoms with Crippen molar-refractivity contribution in [3.63, 3.8) is 0 Å². The molecule has 5 heteroatoms. The molecule has 0 atom stereocenters. The Balaban J connectivity index is 2.11. The SMILES string of the molecule is O=C1CNC(=O)N1Cc1cccnc1. The minimum absolute atomic E-state index is 0.0963. The molecule has 1 N–H and O–H groups in total. The van der Waals surface area contributed by atoms with E-state index >= 15 is 0 Å². The van der Waals surface area contributed by atoms with Crippen molar-refractivity contribution in [3.05, 3.63) is 30.1 Å². The van der Waals surface area contributed by atoms with Crippen LogP contribution in [-0.2, 0) is 11.3 Å². The molecular formula is C9H9N3O2. The molecule has 2 heterocycles. The Morgan fingerprint density at radius 1 is 1.50 bits per heavy atom. The average Bonchev–Trinajstić information content (AvgIpc) is 2.51. The zero-order valence-corrected chi connectivity index (χ0v) is 7.43. The summed E-state index contributed by atoms with van der Waals surface area (Å²) < 4.78 is 0. The summed E-state index contributed by atoms with van der Waals surface area (Å²) in [6.07, 6.45) is 3.29. The van der Waals surface area contributed by atoms with Crippen molar-refractivity contribution >= 4 is 11.9 Å². The lowest BCUT2D eigenvalue weighted by Crippen LogP contribution is -2.30. The van der Waals surface area contributed by atoms with Crippen molar-refractivity contribution in [2.75, 3.05) is 6.54 Å². The largest absolute Gasteiger partial charge is 0.329 e. The average molecular weight is 191 g/mol. The minimum atomic E-state index is -0.334. The lowest BCUT2D eigenvalue weighted by Gasteiger charge is -2.11. The summed E-state index contributed by atoms with van der Waals surface area (Å²) in [7, 11) is 0. The Morgan fingerprint density at radius 3 is 2.93 bits per heavy atom. The van der Waals surface area contributed by atoms with Crippen molar-refractivity contribution in [3.8, 4) is 0 Å². The van der Waals surface area contributed by atoms with E-state index in [9.17, 15) is 9.59 Å². The number of carbonyl (C=O) groups excluding carboxylic acids is 2. The molecule has 0 saturated carbocycles. The highest BCUT2D eigenvalue weighted by atomic mass is 16.2. The molecular weight excluding hydrogens is 182 g/mol. The van der Waals surface area contributed by atoms with Gasteiger partial charge >= 0.3 is 6.03 Å². The zero-order valence-electron chi connectivity index (χ0n) is 7.43. The van der Waals surface area contributed by atoms with Crippen LogP contribution in [0.2, 0.25) is 0 Å². The van der Waals surface area contributed by atoms with Crippen molar-refractivity contribution in [1.29, 1.82) is 0 Å². The molecule has 0 bridgehead atoms. The Morgan fingerprint density at radius 2 is 2.36 bits per heavy atom. The number of imide groups is 1. The Hall–Kier alpha value is -1.91. The zero-order chi connectivity index (χ0) is 9.97. The van der Waals surface area contributed by atoms with Crippen LogP contribution in [0.3, 0.4) is 0 Å². The van der Waals surface area contributed by atoms with Gasteiger partial charge in [0, 0.05) is 12.4 Å². The van der Waals surface area contributed by atoms with Crippen molar-refractivity contribution in [1.82, 2.24) is 15.2 Å². The van der Waals surface area contributed by atoms with E-state index in [-0.39, 0.29) is 18.5 Å². The van der Waals surface area contributed by atoms with Gasteiger partial charge in [-0.3, -0.25) is 14.7 Å². The summed E-state index contributed by atoms with van der Waals surface area (Å²) in [6.45, 7) is 0.387. The molecule has 1 aromatic rings. The second-order valence-electron chi connectivity index (χ2n) is 3.00. The van der Waals surface area contributed by atoms with Gasteiger partial charge in [-0.2, -0.15) is 0 Å². The molecule has 2 rings (SSSR count). The fraction of sp³-hybridized carbons (Fsp3) is 0.222. The summed E-state index contributed by atoms with van der Waals surface area (Å²) >= 11 is 0. The molecule has 0 aromatic carbocycles. The first kappa shape index (κ1) is 8.68. The van der Waals surface area contributed by atoms with E-state index in [4.69, 9.17) is 0 Å². The lowest BCUT2D eigenvalue weighted by atomic mass is 10.3. The third-order valence-corrected chi connectivity index (χ3v) is 2.00. The first-order valence-electron chi connectivity index (χ1n) is 4.24. The summed E-state index contributed by atoms with van der Waals surface area (Å²) in [4.78, 5) is 27.5. The molecule has 0 aliphatic carbocycles. The highest BCUT2D eigenvalue weighted by molar-refractivity contribution is 6.01. The molecule has 0 unspecified atom stereocenters. The van der Waals surface area contributed by atoms with Crippen molar-refractivity contribution in [2.24, 2.45) is 0 Å². The summed E-state index contributed by atoms with van der Waals surface area (Å²) in [5.41, 5.74) is 0.845. The van der Waals surface area contributed by atoms with Crippen molar-refractivity contribution < 1.29 is 9.59 Å². The van der Waals surface area contributed by atoms with Crippen LogP contribution in [0.4, 0.5) is 4.79 Å². The smallest absolute Gasteiger partial charge is 0.324 e. The van der Waals surface area contributed by atoms with Gasteiger partial charge in [0.15, 0.2) is 0 Å². The monoisotopic (exact) mass is 191 g/mol. The van der Waals surface area contributed by atoms with Crippen LogP contribution >= 0.6 is 0 Å². The van der Waals surface area contributed by atoms with E-state index in [0.29, 0.717) is 6.54 Å². The standard InChI is InChI=1S/C9H9N3O2/c13-8-5-11-9(14)12(8)6-7-2-1-3-10-4-7/h1-4H,5-6H2,(H,11,14). The van der Waals surface area contributed by atoms with Gasteiger partial charge in [0.25, 0.3) is 0 Å². The number of urea groups is 1. The lowest BCUT2D eigenvalue weighted by molar-refractivity contribution is -0.125. The number of nitrogens with zero attached hydrogens (tertiary/aromatic N) is 2. The van der Waals surface area contributed by atoms with Crippen LogP contribution in [0.15, 0.2) is 24.5 Å².